The van der Waals surface area contributed by atoms with Crippen LogP contribution in [0.5, 0.6) is 0 Å². The number of amides is 1. The molecule has 0 spiro atoms. The van der Waals surface area contributed by atoms with Crippen LogP contribution in [0.2, 0.25) is 0 Å². The maximum atomic E-state index is 11.8. The molecule has 0 aromatic rings. The summed E-state index contributed by atoms with van der Waals surface area (Å²) in [7, 11) is 0. The zero-order valence-corrected chi connectivity index (χ0v) is 12.6. The Balaban J connectivity index is 1.74. The fourth-order valence-corrected chi connectivity index (χ4v) is 3.53. The number of carbonyl (C=O) groups is 1. The van der Waals surface area contributed by atoms with Crippen molar-refractivity contribution >= 4 is 5.91 Å². The zero-order valence-electron chi connectivity index (χ0n) is 12.6. The van der Waals surface area contributed by atoms with Crippen molar-refractivity contribution in [2.75, 3.05) is 65.4 Å². The van der Waals surface area contributed by atoms with E-state index in [9.17, 15) is 4.79 Å². The predicted molar refractivity (Wildman–Crippen MR) is 80.4 cm³/mol. The van der Waals surface area contributed by atoms with E-state index < -0.39 is 0 Å². The highest BCUT2D eigenvalue weighted by Gasteiger charge is 2.38. The van der Waals surface area contributed by atoms with Gasteiger partial charge in [-0.25, -0.2) is 10.0 Å². The Bertz CT molecular complexity index is 360. The van der Waals surface area contributed by atoms with E-state index in [0.717, 1.165) is 58.9 Å². The van der Waals surface area contributed by atoms with E-state index in [-0.39, 0.29) is 11.9 Å². The lowest BCUT2D eigenvalue weighted by Gasteiger charge is -2.51. The monoisotopic (exact) mass is 297 g/mol. The number of nitrogens with one attached hydrogen (secondary N) is 3. The van der Waals surface area contributed by atoms with Gasteiger partial charge in [-0.15, -0.1) is 0 Å². The number of nitrogens with zero attached hydrogens (tertiary/aromatic N) is 3. The highest BCUT2D eigenvalue weighted by Crippen LogP contribution is 2.17. The van der Waals surface area contributed by atoms with Crippen molar-refractivity contribution in [1.82, 2.24) is 30.9 Å². The highest BCUT2D eigenvalue weighted by atomic mass is 16.1. The van der Waals surface area contributed by atoms with E-state index in [2.05, 4.69) is 30.9 Å². The first kappa shape index (κ1) is 15.1. The first-order valence-electron chi connectivity index (χ1n) is 7.96. The van der Waals surface area contributed by atoms with Crippen LogP contribution < -0.4 is 21.7 Å². The summed E-state index contributed by atoms with van der Waals surface area (Å²) in [4.78, 5) is 14.3. The fraction of sp³-hybridized carbons (Fsp3) is 0.923. The summed E-state index contributed by atoms with van der Waals surface area (Å²) in [6.07, 6.45) is 0.320. The molecule has 2 unspecified atom stereocenters. The van der Waals surface area contributed by atoms with Gasteiger partial charge in [0.25, 0.3) is 0 Å². The fourth-order valence-electron chi connectivity index (χ4n) is 3.53. The topological polar surface area (TPSA) is 88.9 Å². The molecule has 0 saturated carbocycles. The number of hydrogen-bond acceptors (Lipinski definition) is 7. The first-order valence-corrected chi connectivity index (χ1v) is 7.96. The van der Waals surface area contributed by atoms with Crippen molar-refractivity contribution in [3.05, 3.63) is 0 Å². The molecule has 0 aromatic carbocycles. The van der Waals surface area contributed by atoms with Crippen molar-refractivity contribution in [3.63, 3.8) is 0 Å². The summed E-state index contributed by atoms with van der Waals surface area (Å²) < 4.78 is 0. The summed E-state index contributed by atoms with van der Waals surface area (Å²) in [6.45, 7) is 9.39. The molecule has 5 N–H and O–H groups in total. The van der Waals surface area contributed by atoms with Crippen LogP contribution in [-0.4, -0.2) is 98.5 Å². The second kappa shape index (κ2) is 6.99. The number of hydrogen-bond donors (Lipinski definition) is 4. The van der Waals surface area contributed by atoms with Crippen LogP contribution in [0.15, 0.2) is 0 Å². The third-order valence-electron chi connectivity index (χ3n) is 4.64. The molecule has 120 valence electrons. The van der Waals surface area contributed by atoms with Gasteiger partial charge in [0.05, 0.1) is 6.17 Å². The molecular formula is C13H27N7O. The van der Waals surface area contributed by atoms with Gasteiger partial charge in [0.2, 0.25) is 5.91 Å². The number of nitrogens with two attached hydrogens (primary N) is 1. The molecule has 3 heterocycles. The second-order valence-electron chi connectivity index (χ2n) is 5.92. The Kier molecular flexibility index (Phi) is 5.04. The van der Waals surface area contributed by atoms with Crippen LogP contribution >= 0.6 is 0 Å². The minimum absolute atomic E-state index is 0.234. The van der Waals surface area contributed by atoms with Crippen molar-refractivity contribution < 1.29 is 4.79 Å². The van der Waals surface area contributed by atoms with Gasteiger partial charge in [0.15, 0.2) is 0 Å². The summed E-state index contributed by atoms with van der Waals surface area (Å²) in [6, 6.07) is -0.234. The van der Waals surface area contributed by atoms with Gasteiger partial charge in [-0.2, -0.15) is 0 Å². The van der Waals surface area contributed by atoms with Gasteiger partial charge >= 0.3 is 0 Å². The van der Waals surface area contributed by atoms with Gasteiger partial charge in [0, 0.05) is 65.4 Å². The van der Waals surface area contributed by atoms with Gasteiger partial charge in [-0.3, -0.25) is 9.69 Å². The third kappa shape index (κ3) is 3.36. The number of piperazine rings is 3. The van der Waals surface area contributed by atoms with Crippen LogP contribution in [0.3, 0.4) is 0 Å². The molecule has 8 heteroatoms. The predicted octanol–water partition coefficient (Wildman–Crippen LogP) is -3.20. The number of rotatable bonds is 3. The zero-order chi connectivity index (χ0) is 14.7. The maximum absolute atomic E-state index is 11.8. The lowest BCUT2D eigenvalue weighted by atomic mass is 10.2. The Labute approximate surface area is 126 Å². The molecule has 1 amide bonds. The maximum Gasteiger partial charge on any atom is 0.237 e. The molecule has 3 saturated heterocycles. The molecular weight excluding hydrogens is 270 g/mol. The van der Waals surface area contributed by atoms with E-state index in [4.69, 9.17) is 5.73 Å². The largest absolute Gasteiger partial charge is 0.368 e. The molecule has 0 radical (unpaired) electrons. The van der Waals surface area contributed by atoms with Crippen molar-refractivity contribution in [2.24, 2.45) is 5.73 Å². The molecule has 0 bridgehead atoms. The van der Waals surface area contributed by atoms with Crippen LogP contribution in [-0.2, 0) is 4.79 Å². The SMILES string of the molecule is NC(=O)C1CNCCN1N1CCNCC1N1CCNCC1. The Morgan fingerprint density at radius 1 is 0.857 bits per heavy atom. The van der Waals surface area contributed by atoms with E-state index in [1.165, 1.54) is 0 Å². The standard InChI is InChI=1S/C13H27N7O/c14-13(21)11-9-16-3-7-19(11)20-8-4-17-10-12(20)18-5-1-15-2-6-18/h11-12,15-17H,1-10H2,(H2,14,21). The molecule has 2 atom stereocenters. The van der Waals surface area contributed by atoms with E-state index in [1.54, 1.807) is 0 Å². The molecule has 0 aliphatic carbocycles. The van der Waals surface area contributed by atoms with E-state index in [1.807, 2.05) is 0 Å². The summed E-state index contributed by atoms with van der Waals surface area (Å²) in [5.41, 5.74) is 5.60. The average Bonchev–Trinajstić information content (AvgIpc) is 2.55. The Morgan fingerprint density at radius 2 is 1.48 bits per heavy atom. The van der Waals surface area contributed by atoms with Crippen molar-refractivity contribution in [2.45, 2.75) is 12.2 Å². The third-order valence-corrected chi connectivity index (χ3v) is 4.64. The Hall–Kier alpha value is -0.770. The normalized spacial score (nSPS) is 33.9. The quantitative estimate of drug-likeness (QED) is 0.436. The van der Waals surface area contributed by atoms with Crippen molar-refractivity contribution in [3.8, 4) is 0 Å². The summed E-state index contributed by atoms with van der Waals surface area (Å²) in [5, 5.41) is 14.7. The summed E-state index contributed by atoms with van der Waals surface area (Å²) >= 11 is 0. The second-order valence-corrected chi connectivity index (χ2v) is 5.92. The van der Waals surface area contributed by atoms with Gasteiger partial charge < -0.3 is 21.7 Å². The molecule has 3 fully saturated rings. The van der Waals surface area contributed by atoms with Crippen LogP contribution in [0.25, 0.3) is 0 Å². The van der Waals surface area contributed by atoms with Gasteiger partial charge in [-0.1, -0.05) is 0 Å². The molecule has 3 aliphatic heterocycles. The molecule has 8 nitrogen and oxygen atoms in total. The Morgan fingerprint density at radius 3 is 2.19 bits per heavy atom. The lowest BCUT2D eigenvalue weighted by Crippen LogP contribution is -2.71. The molecule has 3 rings (SSSR count). The molecule has 0 aromatic heterocycles. The minimum atomic E-state index is -0.236. The van der Waals surface area contributed by atoms with E-state index in [0.29, 0.717) is 12.7 Å². The minimum Gasteiger partial charge on any atom is -0.368 e. The van der Waals surface area contributed by atoms with Crippen LogP contribution in [0.4, 0.5) is 0 Å². The number of hydrazine groups is 1. The van der Waals surface area contributed by atoms with Crippen LogP contribution in [0, 0.1) is 0 Å². The van der Waals surface area contributed by atoms with E-state index >= 15 is 0 Å². The smallest absolute Gasteiger partial charge is 0.237 e. The van der Waals surface area contributed by atoms with Crippen LogP contribution in [0.1, 0.15) is 0 Å². The van der Waals surface area contributed by atoms with Gasteiger partial charge in [0.1, 0.15) is 6.04 Å². The highest BCUT2D eigenvalue weighted by molar-refractivity contribution is 5.80. The lowest BCUT2D eigenvalue weighted by molar-refractivity contribution is -0.163. The summed E-state index contributed by atoms with van der Waals surface area (Å²) in [5.74, 6) is -0.236. The number of primary amides is 1. The molecule has 3 aliphatic rings. The molecule has 21 heavy (non-hydrogen) atoms. The van der Waals surface area contributed by atoms with Crippen molar-refractivity contribution in [1.29, 1.82) is 0 Å². The van der Waals surface area contributed by atoms with Gasteiger partial charge in [-0.05, 0) is 0 Å². The number of carbonyl (C=O) groups excluding carboxylic acids is 1. The first-order chi connectivity index (χ1) is 10.3. The average molecular weight is 297 g/mol.